The summed E-state index contributed by atoms with van der Waals surface area (Å²) in [6, 6.07) is 5.14. The summed E-state index contributed by atoms with van der Waals surface area (Å²) in [6.07, 6.45) is 4.04. The summed E-state index contributed by atoms with van der Waals surface area (Å²) in [4.78, 5) is 29.4. The summed E-state index contributed by atoms with van der Waals surface area (Å²) in [5.41, 5.74) is 0.490. The van der Waals surface area contributed by atoms with Gasteiger partial charge in [-0.25, -0.2) is 0 Å². The van der Waals surface area contributed by atoms with Gasteiger partial charge in [-0.05, 0) is 50.3 Å². The summed E-state index contributed by atoms with van der Waals surface area (Å²) < 4.78 is 11.3. The maximum atomic E-state index is 12.9. The Morgan fingerprint density at radius 2 is 1.79 bits per heavy atom. The first kappa shape index (κ1) is 20.9. The molecule has 7 heteroatoms. The van der Waals surface area contributed by atoms with Crippen molar-refractivity contribution in [3.63, 3.8) is 0 Å². The number of carbonyl (C=O) groups excluding carboxylic acids is 2. The largest absolute Gasteiger partial charge is 0.493 e. The van der Waals surface area contributed by atoms with Crippen LogP contribution in [0.5, 0.6) is 5.75 Å². The number of carbonyl (C=O) groups is 2. The smallest absolute Gasteiger partial charge is 0.257 e. The lowest BCUT2D eigenvalue weighted by molar-refractivity contribution is -0.138. The third-order valence-corrected chi connectivity index (χ3v) is 5.64. The second-order valence-corrected chi connectivity index (χ2v) is 7.92. The van der Waals surface area contributed by atoms with Crippen LogP contribution in [0, 0.1) is 5.92 Å². The molecular formula is C21H29ClN2O4. The van der Waals surface area contributed by atoms with Gasteiger partial charge in [0, 0.05) is 50.8 Å². The Labute approximate surface area is 171 Å². The van der Waals surface area contributed by atoms with Crippen LogP contribution in [0.15, 0.2) is 18.2 Å². The van der Waals surface area contributed by atoms with Crippen molar-refractivity contribution in [1.82, 2.24) is 9.80 Å². The Morgan fingerprint density at radius 1 is 1.07 bits per heavy atom. The number of amides is 2. The van der Waals surface area contributed by atoms with Gasteiger partial charge in [-0.2, -0.15) is 0 Å². The molecule has 0 bridgehead atoms. The molecule has 3 rings (SSSR count). The SMILES string of the molecule is CN1CCCCN(C(=O)C2CCOCC2)CCCOc2ccc(Cl)cc2C1=O. The molecular weight excluding hydrogens is 380 g/mol. The number of ether oxygens (including phenoxy) is 2. The predicted octanol–water partition coefficient (Wildman–Crippen LogP) is 3.23. The first-order valence-electron chi connectivity index (χ1n) is 10.1. The Bertz CT molecular complexity index is 691. The van der Waals surface area contributed by atoms with E-state index in [4.69, 9.17) is 21.1 Å². The third kappa shape index (κ3) is 5.39. The maximum absolute atomic E-state index is 12.9. The molecule has 0 atom stereocenters. The second-order valence-electron chi connectivity index (χ2n) is 7.49. The van der Waals surface area contributed by atoms with Gasteiger partial charge in [0.25, 0.3) is 5.91 Å². The number of hydrogen-bond donors (Lipinski definition) is 0. The van der Waals surface area contributed by atoms with E-state index in [2.05, 4.69) is 0 Å². The van der Waals surface area contributed by atoms with E-state index in [1.165, 1.54) is 0 Å². The molecule has 1 aromatic rings. The summed E-state index contributed by atoms with van der Waals surface area (Å²) >= 11 is 6.09. The highest BCUT2D eigenvalue weighted by molar-refractivity contribution is 6.31. The van der Waals surface area contributed by atoms with Crippen LogP contribution in [0.25, 0.3) is 0 Å². The molecule has 2 amide bonds. The molecule has 2 aliphatic heterocycles. The molecule has 2 heterocycles. The van der Waals surface area contributed by atoms with E-state index in [9.17, 15) is 9.59 Å². The second kappa shape index (κ2) is 10.1. The zero-order valence-corrected chi connectivity index (χ0v) is 17.2. The van der Waals surface area contributed by atoms with Gasteiger partial charge in [0.1, 0.15) is 5.75 Å². The van der Waals surface area contributed by atoms with E-state index in [-0.39, 0.29) is 17.7 Å². The number of benzene rings is 1. The topological polar surface area (TPSA) is 59.1 Å². The average Bonchev–Trinajstić information content (AvgIpc) is 2.73. The summed E-state index contributed by atoms with van der Waals surface area (Å²) in [5, 5.41) is 0.515. The van der Waals surface area contributed by atoms with Gasteiger partial charge in [-0.15, -0.1) is 0 Å². The van der Waals surface area contributed by atoms with Crippen LogP contribution in [-0.4, -0.2) is 68.1 Å². The fourth-order valence-electron chi connectivity index (χ4n) is 3.73. The van der Waals surface area contributed by atoms with Crippen LogP contribution in [0.4, 0.5) is 0 Å². The minimum atomic E-state index is -0.0908. The fraction of sp³-hybridized carbons (Fsp3) is 0.619. The van der Waals surface area contributed by atoms with E-state index in [1.807, 2.05) is 4.90 Å². The van der Waals surface area contributed by atoms with Gasteiger partial charge < -0.3 is 19.3 Å². The van der Waals surface area contributed by atoms with Crippen molar-refractivity contribution in [2.24, 2.45) is 5.92 Å². The van der Waals surface area contributed by atoms with Gasteiger partial charge in [0.05, 0.1) is 12.2 Å². The van der Waals surface area contributed by atoms with E-state index < -0.39 is 0 Å². The van der Waals surface area contributed by atoms with E-state index in [0.29, 0.717) is 49.2 Å². The molecule has 0 spiro atoms. The Morgan fingerprint density at radius 3 is 2.57 bits per heavy atom. The Balaban J connectivity index is 1.70. The van der Waals surface area contributed by atoms with Gasteiger partial charge in [-0.1, -0.05) is 11.6 Å². The minimum absolute atomic E-state index is 0.0671. The lowest BCUT2D eigenvalue weighted by Crippen LogP contribution is -2.40. The van der Waals surface area contributed by atoms with Crippen molar-refractivity contribution in [2.75, 3.05) is 46.5 Å². The summed E-state index contributed by atoms with van der Waals surface area (Å²) in [6.45, 7) is 3.80. The molecule has 0 aliphatic carbocycles. The molecule has 0 radical (unpaired) electrons. The molecule has 0 saturated carbocycles. The van der Waals surface area contributed by atoms with E-state index in [1.54, 1.807) is 30.1 Å². The van der Waals surface area contributed by atoms with Gasteiger partial charge in [-0.3, -0.25) is 9.59 Å². The average molecular weight is 409 g/mol. The van der Waals surface area contributed by atoms with Crippen LogP contribution in [0.2, 0.25) is 5.02 Å². The van der Waals surface area contributed by atoms with Crippen molar-refractivity contribution < 1.29 is 19.1 Å². The fourth-order valence-corrected chi connectivity index (χ4v) is 3.90. The summed E-state index contributed by atoms with van der Waals surface area (Å²) in [5.74, 6) is 0.752. The molecule has 1 saturated heterocycles. The molecule has 6 nitrogen and oxygen atoms in total. The zero-order valence-electron chi connectivity index (χ0n) is 16.5. The molecule has 0 unspecified atom stereocenters. The molecule has 2 aliphatic rings. The van der Waals surface area contributed by atoms with Gasteiger partial charge >= 0.3 is 0 Å². The highest BCUT2D eigenvalue weighted by atomic mass is 35.5. The highest BCUT2D eigenvalue weighted by Gasteiger charge is 2.26. The Hall–Kier alpha value is -1.79. The van der Waals surface area contributed by atoms with Crippen LogP contribution in [0.1, 0.15) is 42.5 Å². The minimum Gasteiger partial charge on any atom is -0.493 e. The van der Waals surface area contributed by atoms with Crippen molar-refractivity contribution in [1.29, 1.82) is 0 Å². The standard InChI is InChI=1S/C21H29ClN2O4/c1-23-9-2-3-10-24(20(25)16-7-13-27-14-8-16)11-4-12-28-19-6-5-17(22)15-18(19)21(23)26/h5-6,15-16H,2-4,7-14H2,1H3. The lowest BCUT2D eigenvalue weighted by atomic mass is 9.98. The summed E-state index contributed by atoms with van der Waals surface area (Å²) in [7, 11) is 1.79. The molecule has 0 aromatic heterocycles. The quantitative estimate of drug-likeness (QED) is 0.715. The maximum Gasteiger partial charge on any atom is 0.257 e. The van der Waals surface area contributed by atoms with Crippen molar-refractivity contribution in [3.8, 4) is 5.75 Å². The number of rotatable bonds is 1. The predicted molar refractivity (Wildman–Crippen MR) is 108 cm³/mol. The molecule has 0 N–H and O–H groups in total. The number of fused-ring (bicyclic) bond motifs is 1. The van der Waals surface area contributed by atoms with Crippen molar-refractivity contribution >= 4 is 23.4 Å². The van der Waals surface area contributed by atoms with Crippen LogP contribution in [-0.2, 0) is 9.53 Å². The molecule has 1 fully saturated rings. The van der Waals surface area contributed by atoms with Crippen LogP contribution in [0.3, 0.4) is 0 Å². The normalized spacial score (nSPS) is 20.4. The number of hydrogen-bond acceptors (Lipinski definition) is 4. The monoisotopic (exact) mass is 408 g/mol. The molecule has 154 valence electrons. The molecule has 28 heavy (non-hydrogen) atoms. The Kier molecular flexibility index (Phi) is 7.57. The highest BCUT2D eigenvalue weighted by Crippen LogP contribution is 2.25. The third-order valence-electron chi connectivity index (χ3n) is 5.40. The van der Waals surface area contributed by atoms with Crippen LogP contribution < -0.4 is 4.74 Å². The van der Waals surface area contributed by atoms with Crippen LogP contribution >= 0.6 is 11.6 Å². The number of nitrogens with zero attached hydrogens (tertiary/aromatic N) is 2. The zero-order chi connectivity index (χ0) is 19.9. The van der Waals surface area contributed by atoms with Crippen molar-refractivity contribution in [2.45, 2.75) is 32.1 Å². The molecule has 1 aromatic carbocycles. The van der Waals surface area contributed by atoms with E-state index in [0.717, 1.165) is 38.6 Å². The first-order valence-corrected chi connectivity index (χ1v) is 10.5. The lowest BCUT2D eigenvalue weighted by Gasteiger charge is -2.29. The number of halogens is 1. The van der Waals surface area contributed by atoms with Gasteiger partial charge in [0.15, 0.2) is 0 Å². The van der Waals surface area contributed by atoms with Gasteiger partial charge in [0.2, 0.25) is 5.91 Å². The van der Waals surface area contributed by atoms with Crippen molar-refractivity contribution in [3.05, 3.63) is 28.8 Å². The van der Waals surface area contributed by atoms with E-state index >= 15 is 0 Å². The first-order chi connectivity index (χ1) is 13.6.